The number of carbonyl (C=O) groups is 1. The van der Waals surface area contributed by atoms with Gasteiger partial charge in [-0.3, -0.25) is 18.7 Å². The summed E-state index contributed by atoms with van der Waals surface area (Å²) in [7, 11) is 0. The van der Waals surface area contributed by atoms with Gasteiger partial charge in [-0.15, -0.1) is 11.3 Å². The molecular weight excluding hydrogens is 428 g/mol. The number of alkyl halides is 2. The first-order valence-electron chi connectivity index (χ1n) is 10.5. The van der Waals surface area contributed by atoms with E-state index in [2.05, 4.69) is 5.32 Å². The van der Waals surface area contributed by atoms with Gasteiger partial charge in [0.15, 0.2) is 0 Å². The number of thiophene rings is 1. The van der Waals surface area contributed by atoms with Crippen LogP contribution in [0.1, 0.15) is 56.5 Å². The SMILES string of the molecule is Cc1c(CNCC(=O)OC(C)(C)C)sc2c1c(=O)n(C1CC1)c(=O)n2CC1CC1(F)F. The topological polar surface area (TPSA) is 82.3 Å². The summed E-state index contributed by atoms with van der Waals surface area (Å²) in [6.07, 6.45) is 1.25. The van der Waals surface area contributed by atoms with Gasteiger partial charge in [-0.1, -0.05) is 0 Å². The maximum atomic E-state index is 13.6. The zero-order chi connectivity index (χ0) is 22.7. The monoisotopic (exact) mass is 455 g/mol. The second-order valence-electron chi connectivity index (χ2n) is 9.48. The third kappa shape index (κ3) is 4.45. The van der Waals surface area contributed by atoms with E-state index in [4.69, 9.17) is 4.74 Å². The summed E-state index contributed by atoms with van der Waals surface area (Å²) in [6.45, 7) is 7.36. The van der Waals surface area contributed by atoms with Gasteiger partial charge < -0.3 is 10.1 Å². The lowest BCUT2D eigenvalue weighted by Gasteiger charge is -2.19. The van der Waals surface area contributed by atoms with Gasteiger partial charge in [0, 0.05) is 36.3 Å². The highest BCUT2D eigenvalue weighted by Gasteiger charge is 2.57. The zero-order valence-electron chi connectivity index (χ0n) is 18.1. The number of esters is 1. The van der Waals surface area contributed by atoms with E-state index in [-0.39, 0.29) is 31.1 Å². The summed E-state index contributed by atoms with van der Waals surface area (Å²) in [5, 5.41) is 3.43. The molecule has 0 saturated heterocycles. The smallest absolute Gasteiger partial charge is 0.332 e. The van der Waals surface area contributed by atoms with Crippen molar-refractivity contribution in [2.75, 3.05) is 6.54 Å². The number of carbonyl (C=O) groups excluding carboxylic acids is 1. The normalized spacial score (nSPS) is 20.3. The number of ether oxygens (including phenoxy) is 1. The lowest BCUT2D eigenvalue weighted by atomic mass is 10.2. The Morgan fingerprint density at radius 3 is 2.48 bits per heavy atom. The van der Waals surface area contributed by atoms with Crippen LogP contribution in [0, 0.1) is 12.8 Å². The van der Waals surface area contributed by atoms with Crippen LogP contribution in [0.3, 0.4) is 0 Å². The van der Waals surface area contributed by atoms with Crippen molar-refractivity contribution in [2.24, 2.45) is 5.92 Å². The molecule has 10 heteroatoms. The third-order valence-electron chi connectivity index (χ3n) is 5.59. The van der Waals surface area contributed by atoms with Crippen LogP contribution < -0.4 is 16.6 Å². The van der Waals surface area contributed by atoms with Gasteiger partial charge in [0.2, 0.25) is 0 Å². The van der Waals surface area contributed by atoms with Crippen molar-refractivity contribution < 1.29 is 18.3 Å². The average Bonchev–Trinajstić information content (AvgIpc) is 3.52. The van der Waals surface area contributed by atoms with Crippen molar-refractivity contribution >= 4 is 27.5 Å². The van der Waals surface area contributed by atoms with Crippen LogP contribution in [0.5, 0.6) is 0 Å². The summed E-state index contributed by atoms with van der Waals surface area (Å²) in [6, 6.07) is -0.150. The van der Waals surface area contributed by atoms with Crippen LogP contribution in [0.4, 0.5) is 8.78 Å². The Hall–Kier alpha value is -2.07. The van der Waals surface area contributed by atoms with Gasteiger partial charge in [-0.2, -0.15) is 0 Å². The maximum absolute atomic E-state index is 13.6. The lowest BCUT2D eigenvalue weighted by Crippen LogP contribution is -2.39. The van der Waals surface area contributed by atoms with Gasteiger partial charge in [-0.05, 0) is 46.1 Å². The molecule has 2 aliphatic carbocycles. The van der Waals surface area contributed by atoms with Gasteiger partial charge in [-0.25, -0.2) is 13.6 Å². The minimum Gasteiger partial charge on any atom is -0.459 e. The Morgan fingerprint density at radius 2 is 1.94 bits per heavy atom. The largest absolute Gasteiger partial charge is 0.459 e. The Kier molecular flexibility index (Phi) is 5.36. The summed E-state index contributed by atoms with van der Waals surface area (Å²) < 4.78 is 35.0. The number of aromatic nitrogens is 2. The van der Waals surface area contributed by atoms with E-state index in [0.29, 0.717) is 22.3 Å². The molecule has 0 bridgehead atoms. The fraction of sp³-hybridized carbons (Fsp3) is 0.667. The maximum Gasteiger partial charge on any atom is 0.332 e. The van der Waals surface area contributed by atoms with Crippen LogP contribution in [0.25, 0.3) is 10.2 Å². The molecule has 4 rings (SSSR count). The van der Waals surface area contributed by atoms with Crippen LogP contribution in [0.2, 0.25) is 0 Å². The van der Waals surface area contributed by atoms with Crippen LogP contribution in [-0.2, 0) is 22.6 Å². The molecule has 1 N–H and O–H groups in total. The molecule has 0 aliphatic heterocycles. The minimum atomic E-state index is -2.75. The van der Waals surface area contributed by atoms with Crippen molar-refractivity contribution in [3.63, 3.8) is 0 Å². The number of fused-ring (bicyclic) bond motifs is 1. The summed E-state index contributed by atoms with van der Waals surface area (Å²) >= 11 is 1.24. The van der Waals surface area contributed by atoms with E-state index in [0.717, 1.165) is 17.7 Å². The molecule has 2 saturated carbocycles. The second-order valence-corrected chi connectivity index (χ2v) is 10.6. The van der Waals surface area contributed by atoms with Crippen LogP contribution in [0.15, 0.2) is 9.59 Å². The van der Waals surface area contributed by atoms with Crippen molar-refractivity contribution in [3.8, 4) is 0 Å². The molecule has 0 aromatic carbocycles. The van der Waals surface area contributed by atoms with Gasteiger partial charge in [0.05, 0.1) is 11.9 Å². The third-order valence-corrected chi connectivity index (χ3v) is 6.90. The molecule has 2 aromatic rings. The molecule has 2 fully saturated rings. The molecule has 2 aromatic heterocycles. The number of nitrogens with one attached hydrogen (secondary N) is 1. The molecule has 0 spiro atoms. The molecule has 2 aliphatic rings. The van der Waals surface area contributed by atoms with Crippen LogP contribution in [-0.4, -0.2) is 33.2 Å². The van der Waals surface area contributed by atoms with E-state index in [1.807, 2.05) is 0 Å². The molecule has 1 unspecified atom stereocenters. The van der Waals surface area contributed by atoms with Crippen molar-refractivity contribution in [1.82, 2.24) is 14.5 Å². The van der Waals surface area contributed by atoms with Gasteiger partial charge in [0.25, 0.3) is 11.5 Å². The fourth-order valence-electron chi connectivity index (χ4n) is 3.74. The molecule has 2 heterocycles. The second kappa shape index (κ2) is 7.51. The number of halogens is 2. The summed E-state index contributed by atoms with van der Waals surface area (Å²) in [5.74, 6) is -4.03. The number of hydrogen-bond acceptors (Lipinski definition) is 6. The predicted octanol–water partition coefficient (Wildman–Crippen LogP) is 2.95. The number of hydrogen-bond donors (Lipinski definition) is 1. The molecular formula is C21H27F2N3O4S. The first-order chi connectivity index (χ1) is 14.4. The highest BCUT2D eigenvalue weighted by molar-refractivity contribution is 7.18. The number of nitrogens with zero attached hydrogens (tertiary/aromatic N) is 2. The highest BCUT2D eigenvalue weighted by atomic mass is 32.1. The first-order valence-corrected chi connectivity index (χ1v) is 11.3. The fourth-order valence-corrected chi connectivity index (χ4v) is 5.01. The quantitative estimate of drug-likeness (QED) is 0.649. The van der Waals surface area contributed by atoms with Crippen molar-refractivity contribution in [2.45, 2.75) is 77.6 Å². The van der Waals surface area contributed by atoms with Crippen molar-refractivity contribution in [1.29, 1.82) is 0 Å². The molecule has 1 atom stereocenters. The van der Waals surface area contributed by atoms with Crippen LogP contribution >= 0.6 is 11.3 Å². The van der Waals surface area contributed by atoms with E-state index < -0.39 is 29.1 Å². The minimum absolute atomic E-state index is 0.00162. The average molecular weight is 456 g/mol. The highest BCUT2D eigenvalue weighted by Crippen LogP contribution is 2.49. The number of rotatable bonds is 7. The zero-order valence-corrected chi connectivity index (χ0v) is 18.9. The van der Waals surface area contributed by atoms with E-state index in [1.165, 1.54) is 20.5 Å². The summed E-state index contributed by atoms with van der Waals surface area (Å²) in [5.41, 5.74) is -0.723. The Bertz CT molecular complexity index is 1150. The first kappa shape index (κ1) is 22.1. The van der Waals surface area contributed by atoms with Gasteiger partial charge >= 0.3 is 11.7 Å². The van der Waals surface area contributed by atoms with Crippen molar-refractivity contribution in [3.05, 3.63) is 31.3 Å². The Labute approximate surface area is 182 Å². The molecule has 0 radical (unpaired) electrons. The van der Waals surface area contributed by atoms with E-state index in [9.17, 15) is 23.2 Å². The predicted molar refractivity (Wildman–Crippen MR) is 114 cm³/mol. The lowest BCUT2D eigenvalue weighted by molar-refractivity contribution is -0.153. The number of aryl methyl sites for hydroxylation is 1. The summed E-state index contributed by atoms with van der Waals surface area (Å²) in [4.78, 5) is 39.3. The van der Waals surface area contributed by atoms with Gasteiger partial charge in [0.1, 0.15) is 10.4 Å². The molecule has 7 nitrogen and oxygen atoms in total. The Balaban J connectivity index is 1.65. The standard InChI is InChI=1S/C21H27F2N3O4S/c1-11-14(8-24-9-15(27)30-20(2,3)4)31-18-16(11)17(28)26(13-5-6-13)19(29)25(18)10-12-7-21(12,22)23/h12-13,24H,5-10H2,1-4H3. The molecule has 170 valence electrons. The van der Waals surface area contributed by atoms with E-state index >= 15 is 0 Å². The molecule has 31 heavy (non-hydrogen) atoms. The molecule has 0 amide bonds. The van der Waals surface area contributed by atoms with E-state index in [1.54, 1.807) is 27.7 Å². The Morgan fingerprint density at radius 1 is 1.29 bits per heavy atom.